The molecule has 0 spiro atoms. The van der Waals surface area contributed by atoms with Crippen molar-refractivity contribution in [3.05, 3.63) is 119 Å². The topological polar surface area (TPSA) is 291 Å². The summed E-state index contributed by atoms with van der Waals surface area (Å²) < 4.78 is 36.9. The summed E-state index contributed by atoms with van der Waals surface area (Å²) in [5.74, 6) is -9.06. The van der Waals surface area contributed by atoms with Gasteiger partial charge in [-0.15, -0.1) is 11.8 Å². The SMILES string of the molecule is CC(=O)O[C@H]1C(=O)[C@@]2(C)C([C@H](OC(=O)c3ccccc3)[C@]3(O)C[C@H](OC(=O)[C@H](OC(=O)CCN4C(=O)CC(SC[C@@H](C)N)C4=O)[C@@H](NC(=O)c4ccccc4)c4ccccc4)C(C)=C1C3(C)C)[C@]1(OC(C)=O)CO[C@@H]1C[C@@H]2O. The number of nitrogens with two attached hydrogens (primary N) is 1. The molecule has 13 atom stereocenters. The fraction of sp³-hybridized carbons (Fsp3) is 0.491. The lowest BCUT2D eigenvalue weighted by atomic mass is 9.44. The molecule has 78 heavy (non-hydrogen) atoms. The molecule has 2 saturated heterocycles. The number of Topliss-reactive ketones (excluding diaryl/α,β-unsaturated/α-hetero) is 1. The highest BCUT2D eigenvalue weighted by molar-refractivity contribution is 8.00. The molecule has 3 aliphatic carbocycles. The van der Waals surface area contributed by atoms with Crippen molar-refractivity contribution >= 4 is 65.1 Å². The number of benzene rings is 3. The Balaban J connectivity index is 1.25. The number of aliphatic hydroxyl groups excluding tert-OH is 1. The molecular weight excluding hydrogens is 1030 g/mol. The largest absolute Gasteiger partial charge is 0.455 e. The van der Waals surface area contributed by atoms with Gasteiger partial charge in [0.2, 0.25) is 17.9 Å². The fourth-order valence-corrected chi connectivity index (χ4v) is 13.0. The first kappa shape index (κ1) is 57.4. The highest BCUT2D eigenvalue weighted by atomic mass is 32.2. The number of thioether (sulfide) groups is 1. The first-order valence-electron chi connectivity index (χ1n) is 25.8. The quantitative estimate of drug-likeness (QED) is 0.0645. The summed E-state index contributed by atoms with van der Waals surface area (Å²) >= 11 is 1.22. The summed E-state index contributed by atoms with van der Waals surface area (Å²) in [6.45, 7) is 9.06. The van der Waals surface area contributed by atoms with Gasteiger partial charge in [0.25, 0.3) is 5.91 Å². The van der Waals surface area contributed by atoms with Crippen molar-refractivity contribution in [1.82, 2.24) is 10.2 Å². The van der Waals surface area contributed by atoms with Crippen molar-refractivity contribution < 1.29 is 81.8 Å². The molecule has 8 rings (SSSR count). The molecule has 2 heterocycles. The average molecular weight is 1100 g/mol. The Hall–Kier alpha value is -6.78. The van der Waals surface area contributed by atoms with Crippen molar-refractivity contribution in [3.63, 3.8) is 0 Å². The van der Waals surface area contributed by atoms with E-state index in [0.717, 1.165) is 18.7 Å². The molecule has 3 aromatic rings. The lowest BCUT2D eigenvalue weighted by molar-refractivity contribution is -0.346. The number of esters is 5. The van der Waals surface area contributed by atoms with Gasteiger partial charge in [0.1, 0.15) is 30.0 Å². The molecule has 20 nitrogen and oxygen atoms in total. The van der Waals surface area contributed by atoms with Gasteiger partial charge in [-0.05, 0) is 61.7 Å². The van der Waals surface area contributed by atoms with Crippen LogP contribution in [-0.2, 0) is 62.0 Å². The highest BCUT2D eigenvalue weighted by Gasteiger charge is 2.78. The van der Waals surface area contributed by atoms with Gasteiger partial charge in [0, 0.05) is 62.4 Å². The molecule has 5 N–H and O–H groups in total. The van der Waals surface area contributed by atoms with Crippen LogP contribution in [0.2, 0.25) is 0 Å². The number of nitrogens with one attached hydrogen (secondary N) is 1. The van der Waals surface area contributed by atoms with Crippen LogP contribution in [0.25, 0.3) is 0 Å². The molecule has 5 aliphatic rings. The second-order valence-electron chi connectivity index (χ2n) is 21.5. The third kappa shape index (κ3) is 10.6. The van der Waals surface area contributed by atoms with Crippen molar-refractivity contribution in [2.75, 3.05) is 18.9 Å². The lowest BCUT2D eigenvalue weighted by Crippen LogP contribution is -2.82. The van der Waals surface area contributed by atoms with E-state index in [0.29, 0.717) is 5.75 Å². The Morgan fingerprint density at radius 1 is 0.872 bits per heavy atom. The molecule has 2 saturated carbocycles. The number of ketones is 1. The zero-order valence-electron chi connectivity index (χ0n) is 44.3. The lowest BCUT2D eigenvalue weighted by Gasteiger charge is -2.67. The van der Waals surface area contributed by atoms with Crippen LogP contribution >= 0.6 is 11.8 Å². The number of hydrogen-bond donors (Lipinski definition) is 4. The van der Waals surface area contributed by atoms with E-state index in [-0.39, 0.29) is 53.3 Å². The third-order valence-corrected chi connectivity index (χ3v) is 17.5. The van der Waals surface area contributed by atoms with Gasteiger partial charge in [0.05, 0.1) is 41.3 Å². The maximum Gasteiger partial charge on any atom is 0.350 e. The highest BCUT2D eigenvalue weighted by Crippen LogP contribution is 2.64. The van der Waals surface area contributed by atoms with E-state index >= 15 is 9.59 Å². The minimum Gasteiger partial charge on any atom is -0.455 e. The van der Waals surface area contributed by atoms with E-state index in [2.05, 4.69) is 5.32 Å². The summed E-state index contributed by atoms with van der Waals surface area (Å²) in [6, 6.07) is 22.0. The summed E-state index contributed by atoms with van der Waals surface area (Å²) in [7, 11) is 0. The van der Waals surface area contributed by atoms with E-state index in [9.17, 15) is 43.8 Å². The van der Waals surface area contributed by atoms with E-state index in [1.807, 2.05) is 0 Å². The molecule has 0 aromatic heterocycles. The zero-order valence-corrected chi connectivity index (χ0v) is 45.2. The van der Waals surface area contributed by atoms with Crippen molar-refractivity contribution in [3.8, 4) is 0 Å². The Morgan fingerprint density at radius 2 is 1.49 bits per heavy atom. The standard InChI is InChI=1S/C57H65N3O17S/c1-30(58)28-78-38-25-41(64)60(51(38)68)24-23-42(65)75-46(44(34-17-11-8-12-18-34)59-50(67)35-19-13-9-14-20-35)53(70)74-37-27-57(71)49(76-52(69)36-21-15-10-16-22-36)47-55(7,39(63)26-40-56(47,29-72-40)77-33(4)62)48(66)45(73-32(3)61)43(31(37)2)54(57,5)6/h8-22,30,37-40,44-47,49,63,71H,23-29,58H2,1-7H3,(H,59,67)/t30-,37+,38?,39+,40-,44+,45-,46-,47?,49+,55-,56+,57-/m1/s1. The monoisotopic (exact) mass is 1100 g/mol. The fourth-order valence-electron chi connectivity index (χ4n) is 12.0. The molecule has 3 amide bonds. The maximum absolute atomic E-state index is 15.8. The average Bonchev–Trinajstić information content (AvgIpc) is 2.24. The number of carbonyl (C=O) groups excluding carboxylic acids is 9. The number of ether oxygens (including phenoxy) is 6. The van der Waals surface area contributed by atoms with Crippen molar-refractivity contribution in [1.29, 1.82) is 0 Å². The minimum atomic E-state index is -2.52. The number of likely N-dealkylation sites (tertiary alicyclic amines) is 1. The Kier molecular flexibility index (Phi) is 16.6. The van der Waals surface area contributed by atoms with E-state index in [1.54, 1.807) is 73.7 Å². The van der Waals surface area contributed by atoms with Gasteiger partial charge < -0.3 is 49.7 Å². The van der Waals surface area contributed by atoms with Crippen LogP contribution in [0.5, 0.6) is 0 Å². The predicted octanol–water partition coefficient (Wildman–Crippen LogP) is 3.88. The summed E-state index contributed by atoms with van der Waals surface area (Å²) in [5, 5.41) is 28.4. The van der Waals surface area contributed by atoms with Gasteiger partial charge in [-0.25, -0.2) is 9.59 Å². The molecule has 0 radical (unpaired) electrons. The van der Waals surface area contributed by atoms with Gasteiger partial charge >= 0.3 is 29.8 Å². The predicted molar refractivity (Wildman–Crippen MR) is 277 cm³/mol. The van der Waals surface area contributed by atoms with E-state index in [1.165, 1.54) is 63.7 Å². The number of carbonyl (C=O) groups is 9. The third-order valence-electron chi connectivity index (χ3n) is 16.0. The number of rotatable bonds is 17. The zero-order chi connectivity index (χ0) is 56.6. The molecule has 2 bridgehead atoms. The first-order valence-corrected chi connectivity index (χ1v) is 26.8. The number of fused-ring (bicyclic) bond motifs is 5. The number of amides is 3. The molecule has 21 heteroatoms. The molecule has 4 fully saturated rings. The van der Waals surface area contributed by atoms with Crippen LogP contribution in [0, 0.1) is 16.7 Å². The van der Waals surface area contributed by atoms with Crippen LogP contribution in [0.15, 0.2) is 102 Å². The summed E-state index contributed by atoms with van der Waals surface area (Å²) in [5.41, 5.74) is -1.96. The number of nitrogens with zero attached hydrogens (tertiary/aromatic N) is 1. The van der Waals surface area contributed by atoms with Crippen LogP contribution in [0.1, 0.15) is 106 Å². The maximum atomic E-state index is 15.8. The Bertz CT molecular complexity index is 2880. The van der Waals surface area contributed by atoms with Crippen LogP contribution in [-0.4, -0.2) is 146 Å². The minimum absolute atomic E-state index is 0.0179. The van der Waals surface area contributed by atoms with Crippen LogP contribution < -0.4 is 11.1 Å². The molecular formula is C57H65N3O17S. The van der Waals surface area contributed by atoms with Gasteiger partial charge in [-0.1, -0.05) is 80.6 Å². The second-order valence-corrected chi connectivity index (χ2v) is 22.7. The Labute approximate surface area is 455 Å². The van der Waals surface area contributed by atoms with E-state index < -0.39 is 149 Å². The smallest absolute Gasteiger partial charge is 0.350 e. The van der Waals surface area contributed by atoms with Gasteiger partial charge in [-0.3, -0.25) is 38.5 Å². The molecule has 2 aliphatic heterocycles. The first-order chi connectivity index (χ1) is 36.8. The van der Waals surface area contributed by atoms with Crippen LogP contribution in [0.3, 0.4) is 0 Å². The number of aliphatic hydroxyl groups is 2. The molecule has 2 unspecified atom stereocenters. The molecule has 416 valence electrons. The normalized spacial score (nSPS) is 30.2. The van der Waals surface area contributed by atoms with Crippen LogP contribution in [0.4, 0.5) is 0 Å². The molecule has 3 aromatic carbocycles. The van der Waals surface area contributed by atoms with Gasteiger partial charge in [-0.2, -0.15) is 0 Å². The second kappa shape index (κ2) is 22.5. The van der Waals surface area contributed by atoms with E-state index in [4.69, 9.17) is 34.2 Å². The van der Waals surface area contributed by atoms with Gasteiger partial charge in [0.15, 0.2) is 17.5 Å². The van der Waals surface area contributed by atoms with Crippen molar-refractivity contribution in [2.45, 2.75) is 139 Å². The number of hydrogen-bond acceptors (Lipinski definition) is 19. The Morgan fingerprint density at radius 3 is 2.06 bits per heavy atom. The van der Waals surface area contributed by atoms with Crippen molar-refractivity contribution in [2.24, 2.45) is 22.5 Å². The summed E-state index contributed by atoms with van der Waals surface area (Å²) in [4.78, 5) is 128. The summed E-state index contributed by atoms with van der Waals surface area (Å²) in [6.07, 6.45) is -11.9. The number of imide groups is 1.